The van der Waals surface area contributed by atoms with Gasteiger partial charge in [-0.15, -0.1) is 0 Å². The second-order valence-corrected chi connectivity index (χ2v) is 7.14. The lowest BCUT2D eigenvalue weighted by molar-refractivity contribution is -0.124. The molecule has 7 nitrogen and oxygen atoms in total. The maximum Gasteiger partial charge on any atom is 0.238 e. The third-order valence-electron chi connectivity index (χ3n) is 5.29. The number of nitriles is 1. The molecular weight excluding hydrogens is 330 g/mol. The Morgan fingerprint density at radius 1 is 1.42 bits per heavy atom. The van der Waals surface area contributed by atoms with Crippen LogP contribution in [0.2, 0.25) is 0 Å². The van der Waals surface area contributed by atoms with Crippen molar-refractivity contribution in [2.45, 2.75) is 50.7 Å². The third-order valence-corrected chi connectivity index (χ3v) is 5.29. The van der Waals surface area contributed by atoms with Crippen molar-refractivity contribution in [2.75, 3.05) is 0 Å². The Morgan fingerprint density at radius 2 is 2.23 bits per heavy atom. The van der Waals surface area contributed by atoms with Gasteiger partial charge in [0.25, 0.3) is 0 Å². The van der Waals surface area contributed by atoms with Crippen LogP contribution in [-0.4, -0.2) is 34.2 Å². The zero-order valence-corrected chi connectivity index (χ0v) is 14.6. The first-order valence-corrected chi connectivity index (χ1v) is 8.98. The molecule has 2 aliphatic rings. The molecule has 134 valence electrons. The molecule has 4 atom stereocenters. The number of rotatable bonds is 5. The van der Waals surface area contributed by atoms with Crippen LogP contribution in [0.5, 0.6) is 0 Å². The van der Waals surface area contributed by atoms with E-state index in [0.717, 1.165) is 30.4 Å². The molecule has 1 saturated carbocycles. The SMILES string of the molecule is Cc1nc(-c2ccc(C[C@@H](C#N)NC(=O)[C@H]3N[C@@H]4CC[C@H]3C4)cc2)no1. The Morgan fingerprint density at radius 3 is 2.81 bits per heavy atom. The molecule has 2 bridgehead atoms. The highest BCUT2D eigenvalue weighted by Crippen LogP contribution is 2.35. The average Bonchev–Trinajstić information content (AvgIpc) is 3.38. The van der Waals surface area contributed by atoms with Crippen LogP contribution in [0.15, 0.2) is 28.8 Å². The standard InChI is InChI=1S/C19H21N5O2/c1-11-21-18(24-26-11)13-4-2-12(3-5-13)8-16(10-20)23-19(25)17-14-6-7-15(9-14)22-17/h2-5,14-17,22H,6-9H2,1H3,(H,23,25)/t14-,15+,16-,17-/m0/s1. The Kier molecular flexibility index (Phi) is 4.43. The highest BCUT2D eigenvalue weighted by atomic mass is 16.5. The quantitative estimate of drug-likeness (QED) is 0.850. The summed E-state index contributed by atoms with van der Waals surface area (Å²) in [5, 5.41) is 19.6. The first-order valence-electron chi connectivity index (χ1n) is 8.98. The number of benzene rings is 1. The minimum Gasteiger partial charge on any atom is -0.339 e. The summed E-state index contributed by atoms with van der Waals surface area (Å²) in [6.07, 6.45) is 3.80. The largest absolute Gasteiger partial charge is 0.339 e. The number of piperidine rings is 1. The van der Waals surface area contributed by atoms with Crippen molar-refractivity contribution in [2.24, 2.45) is 5.92 Å². The third kappa shape index (κ3) is 3.33. The maximum atomic E-state index is 12.5. The molecular formula is C19H21N5O2. The summed E-state index contributed by atoms with van der Waals surface area (Å²) in [5.74, 6) is 1.42. The topological polar surface area (TPSA) is 104 Å². The van der Waals surface area contributed by atoms with Crippen LogP contribution in [-0.2, 0) is 11.2 Å². The highest BCUT2D eigenvalue weighted by Gasteiger charge is 2.43. The zero-order chi connectivity index (χ0) is 18.1. The van der Waals surface area contributed by atoms with Crippen LogP contribution in [0.4, 0.5) is 0 Å². The first-order chi connectivity index (χ1) is 12.6. The number of carbonyl (C=O) groups excluding carboxylic acids is 1. The van der Waals surface area contributed by atoms with Crippen LogP contribution >= 0.6 is 0 Å². The Bertz CT molecular complexity index is 838. The van der Waals surface area contributed by atoms with Gasteiger partial charge in [-0.05, 0) is 30.7 Å². The predicted molar refractivity (Wildman–Crippen MR) is 93.8 cm³/mol. The van der Waals surface area contributed by atoms with Gasteiger partial charge in [0.15, 0.2) is 0 Å². The highest BCUT2D eigenvalue weighted by molar-refractivity contribution is 5.83. The number of nitrogens with one attached hydrogen (secondary N) is 2. The smallest absolute Gasteiger partial charge is 0.238 e. The van der Waals surface area contributed by atoms with Gasteiger partial charge in [-0.2, -0.15) is 10.2 Å². The average molecular weight is 351 g/mol. The van der Waals surface area contributed by atoms with E-state index in [-0.39, 0.29) is 11.9 Å². The van der Waals surface area contributed by atoms with E-state index < -0.39 is 6.04 Å². The molecule has 1 aliphatic carbocycles. The van der Waals surface area contributed by atoms with Crippen LogP contribution in [0.3, 0.4) is 0 Å². The van der Waals surface area contributed by atoms with Crippen molar-refractivity contribution in [1.29, 1.82) is 5.26 Å². The second-order valence-electron chi connectivity index (χ2n) is 7.14. The number of carbonyl (C=O) groups is 1. The van der Waals surface area contributed by atoms with Crippen molar-refractivity contribution in [1.82, 2.24) is 20.8 Å². The normalized spacial score (nSPS) is 25.0. The van der Waals surface area contributed by atoms with Gasteiger partial charge in [0.1, 0.15) is 6.04 Å². The van der Waals surface area contributed by atoms with Gasteiger partial charge in [-0.3, -0.25) is 4.79 Å². The molecule has 1 saturated heterocycles. The van der Waals surface area contributed by atoms with E-state index in [1.165, 1.54) is 0 Å². The molecule has 2 aromatic rings. The van der Waals surface area contributed by atoms with Crippen LogP contribution < -0.4 is 10.6 Å². The van der Waals surface area contributed by atoms with Crippen molar-refractivity contribution >= 4 is 5.91 Å². The molecule has 4 rings (SSSR count). The summed E-state index contributed by atoms with van der Waals surface area (Å²) in [6, 6.07) is 9.62. The van der Waals surface area contributed by atoms with Crippen molar-refractivity contribution in [3.05, 3.63) is 35.7 Å². The van der Waals surface area contributed by atoms with Crippen LogP contribution in [0.25, 0.3) is 11.4 Å². The molecule has 26 heavy (non-hydrogen) atoms. The minimum absolute atomic E-state index is 0.0531. The Balaban J connectivity index is 1.37. The number of nitrogens with zero attached hydrogens (tertiary/aromatic N) is 3. The Labute approximate surface area is 151 Å². The van der Waals surface area contributed by atoms with Gasteiger partial charge >= 0.3 is 0 Å². The van der Waals surface area contributed by atoms with Crippen LogP contribution in [0, 0.1) is 24.2 Å². The molecule has 0 radical (unpaired) electrons. The summed E-state index contributed by atoms with van der Waals surface area (Å²) in [7, 11) is 0. The zero-order valence-electron chi connectivity index (χ0n) is 14.6. The lowest BCUT2D eigenvalue weighted by Gasteiger charge is -2.23. The fourth-order valence-corrected chi connectivity index (χ4v) is 3.98. The molecule has 2 fully saturated rings. The number of fused-ring (bicyclic) bond motifs is 2. The van der Waals surface area contributed by atoms with Crippen molar-refractivity contribution in [3.8, 4) is 17.5 Å². The summed E-state index contributed by atoms with van der Waals surface area (Å²) < 4.78 is 4.99. The predicted octanol–water partition coefficient (Wildman–Crippen LogP) is 1.74. The molecule has 1 aliphatic heterocycles. The summed E-state index contributed by atoms with van der Waals surface area (Å²) in [4.78, 5) is 16.7. The molecule has 1 aromatic heterocycles. The summed E-state index contributed by atoms with van der Waals surface area (Å²) in [6.45, 7) is 1.75. The second kappa shape index (κ2) is 6.89. The van der Waals surface area contributed by atoms with E-state index in [1.807, 2.05) is 24.3 Å². The monoisotopic (exact) mass is 351 g/mol. The fraction of sp³-hybridized carbons (Fsp3) is 0.474. The molecule has 2 N–H and O–H groups in total. The number of aromatic nitrogens is 2. The molecule has 7 heteroatoms. The van der Waals surface area contributed by atoms with Gasteiger partial charge < -0.3 is 15.2 Å². The molecule has 1 aromatic carbocycles. The van der Waals surface area contributed by atoms with E-state index in [9.17, 15) is 10.1 Å². The van der Waals surface area contributed by atoms with Gasteiger partial charge in [-0.1, -0.05) is 29.4 Å². The van der Waals surface area contributed by atoms with Crippen LogP contribution in [0.1, 0.15) is 30.7 Å². The molecule has 0 spiro atoms. The number of amides is 1. The molecule has 1 amide bonds. The Hall–Kier alpha value is -2.72. The molecule has 2 heterocycles. The summed E-state index contributed by atoms with van der Waals surface area (Å²) >= 11 is 0. The lowest BCUT2D eigenvalue weighted by atomic mass is 9.98. The van der Waals surface area contributed by atoms with Gasteiger partial charge in [0.05, 0.1) is 12.1 Å². The maximum absolute atomic E-state index is 12.5. The minimum atomic E-state index is -0.540. The summed E-state index contributed by atoms with van der Waals surface area (Å²) in [5.41, 5.74) is 1.83. The van der Waals surface area contributed by atoms with Gasteiger partial charge in [-0.25, -0.2) is 0 Å². The van der Waals surface area contributed by atoms with E-state index >= 15 is 0 Å². The van der Waals surface area contributed by atoms with Gasteiger partial charge in [0.2, 0.25) is 17.6 Å². The first kappa shape index (κ1) is 16.7. The number of hydrogen-bond donors (Lipinski definition) is 2. The van der Waals surface area contributed by atoms with Gasteiger partial charge in [0, 0.05) is 24.9 Å². The van der Waals surface area contributed by atoms with E-state index in [0.29, 0.717) is 30.1 Å². The lowest BCUT2D eigenvalue weighted by Crippen LogP contribution is -2.50. The number of hydrogen-bond acceptors (Lipinski definition) is 6. The fourth-order valence-electron chi connectivity index (χ4n) is 3.98. The molecule has 0 unspecified atom stereocenters. The number of aryl methyl sites for hydroxylation is 1. The van der Waals surface area contributed by atoms with E-state index in [4.69, 9.17) is 4.52 Å². The van der Waals surface area contributed by atoms with Crippen molar-refractivity contribution in [3.63, 3.8) is 0 Å². The van der Waals surface area contributed by atoms with Crippen molar-refractivity contribution < 1.29 is 9.32 Å². The van der Waals surface area contributed by atoms with E-state index in [2.05, 4.69) is 26.8 Å². The van der Waals surface area contributed by atoms with E-state index in [1.54, 1.807) is 6.92 Å².